The maximum Gasteiger partial charge on any atom is 0.290 e. The first-order valence-corrected chi connectivity index (χ1v) is 6.12. The van der Waals surface area contributed by atoms with E-state index in [1.54, 1.807) is 18.0 Å². The van der Waals surface area contributed by atoms with Crippen molar-refractivity contribution in [3.63, 3.8) is 0 Å². The van der Waals surface area contributed by atoms with Crippen LogP contribution in [0.4, 0.5) is 4.79 Å². The van der Waals surface area contributed by atoms with Crippen molar-refractivity contribution >= 4 is 28.8 Å². The van der Waals surface area contributed by atoms with Gasteiger partial charge in [-0.1, -0.05) is 0 Å². The Hall–Kier alpha value is -1.50. The number of carbonyl (C=O) groups is 3. The number of hydrogen-bond acceptors (Lipinski definition) is 5. The zero-order valence-corrected chi connectivity index (χ0v) is 10.2. The normalized spacial score (nSPS) is 23.2. The van der Waals surface area contributed by atoms with E-state index in [0.717, 1.165) is 11.8 Å². The lowest BCUT2D eigenvalue weighted by Gasteiger charge is -2.33. The summed E-state index contributed by atoms with van der Waals surface area (Å²) in [5.74, 6) is -0.269. The van der Waals surface area contributed by atoms with E-state index in [1.165, 1.54) is 0 Å². The molecule has 0 aromatic rings. The molecule has 0 bridgehead atoms. The van der Waals surface area contributed by atoms with Gasteiger partial charge in [-0.25, -0.2) is 0 Å². The molecule has 7 heteroatoms. The van der Waals surface area contributed by atoms with Crippen molar-refractivity contribution in [3.05, 3.63) is 11.1 Å². The highest BCUT2D eigenvalue weighted by molar-refractivity contribution is 8.18. The van der Waals surface area contributed by atoms with Crippen LogP contribution in [0, 0.1) is 0 Å². The molecule has 0 saturated carbocycles. The van der Waals surface area contributed by atoms with Crippen molar-refractivity contribution in [1.82, 2.24) is 15.1 Å². The third-order valence-electron chi connectivity index (χ3n) is 2.70. The first kappa shape index (κ1) is 12.0. The van der Waals surface area contributed by atoms with E-state index < -0.39 is 0 Å². The minimum atomic E-state index is -0.339. The van der Waals surface area contributed by atoms with Crippen LogP contribution < -0.4 is 5.32 Å². The highest BCUT2D eigenvalue weighted by Crippen LogP contribution is 2.23. The molecule has 2 saturated heterocycles. The Morgan fingerprint density at radius 2 is 1.94 bits per heavy atom. The van der Waals surface area contributed by atoms with Gasteiger partial charge in [0.2, 0.25) is 5.91 Å². The molecule has 1 N–H and O–H groups in total. The fraction of sp³-hybridized carbons (Fsp3) is 0.500. The molecule has 6 nitrogen and oxygen atoms in total. The van der Waals surface area contributed by atoms with E-state index in [-0.39, 0.29) is 17.1 Å². The predicted octanol–water partition coefficient (Wildman–Crippen LogP) is -0.0251. The van der Waals surface area contributed by atoms with Crippen molar-refractivity contribution in [2.24, 2.45) is 0 Å². The average Bonchev–Trinajstić information content (AvgIpc) is 2.58. The fourth-order valence-corrected chi connectivity index (χ4v) is 2.43. The number of hydrogen-bond donors (Lipinski definition) is 1. The van der Waals surface area contributed by atoms with Crippen molar-refractivity contribution < 1.29 is 14.4 Å². The molecule has 0 spiro atoms. The summed E-state index contributed by atoms with van der Waals surface area (Å²) >= 11 is 0.914. The van der Waals surface area contributed by atoms with Gasteiger partial charge < -0.3 is 9.80 Å². The van der Waals surface area contributed by atoms with Gasteiger partial charge in [-0.2, -0.15) is 0 Å². The number of piperazine rings is 1. The molecule has 2 rings (SSSR count). The second-order valence-electron chi connectivity index (χ2n) is 3.88. The first-order chi connectivity index (χ1) is 8.06. The number of nitrogens with one attached hydrogen (secondary N) is 1. The van der Waals surface area contributed by atoms with E-state index in [1.807, 2.05) is 4.90 Å². The van der Waals surface area contributed by atoms with Gasteiger partial charge in [0.15, 0.2) is 0 Å². The second-order valence-corrected chi connectivity index (χ2v) is 4.89. The summed E-state index contributed by atoms with van der Waals surface area (Å²) in [5.41, 5.74) is 0. The predicted molar refractivity (Wildman–Crippen MR) is 63.0 cm³/mol. The quantitative estimate of drug-likeness (QED) is 0.667. The van der Waals surface area contributed by atoms with Gasteiger partial charge in [0.25, 0.3) is 11.1 Å². The Bertz CT molecular complexity index is 400. The van der Waals surface area contributed by atoms with E-state index in [9.17, 15) is 14.4 Å². The molecule has 2 aliphatic heterocycles. The molecule has 2 aliphatic rings. The highest BCUT2D eigenvalue weighted by atomic mass is 32.2. The Balaban J connectivity index is 1.94. The summed E-state index contributed by atoms with van der Waals surface area (Å²) in [4.78, 5) is 37.6. The van der Waals surface area contributed by atoms with E-state index in [0.29, 0.717) is 31.1 Å². The number of thioether (sulfide) groups is 1. The highest BCUT2D eigenvalue weighted by Gasteiger charge is 2.26. The Labute approximate surface area is 103 Å². The number of nitrogens with zero attached hydrogens (tertiary/aromatic N) is 2. The molecule has 0 unspecified atom stereocenters. The summed E-state index contributed by atoms with van der Waals surface area (Å²) < 4.78 is 0. The number of carbonyl (C=O) groups excluding carboxylic acids is 3. The largest absolute Gasteiger partial charge is 0.373 e. The molecular weight excluding hydrogens is 242 g/mol. The lowest BCUT2D eigenvalue weighted by molar-refractivity contribution is -0.130. The van der Waals surface area contributed by atoms with E-state index in [2.05, 4.69) is 5.32 Å². The van der Waals surface area contributed by atoms with Crippen LogP contribution in [0.2, 0.25) is 0 Å². The molecule has 92 valence electrons. The zero-order chi connectivity index (χ0) is 12.4. The molecule has 0 radical (unpaired) electrons. The van der Waals surface area contributed by atoms with Crippen molar-refractivity contribution in [1.29, 1.82) is 0 Å². The Morgan fingerprint density at radius 3 is 2.41 bits per heavy atom. The standard InChI is InChI=1S/C10H13N3O3S/c1-7(14)13-4-2-12(3-5-13)6-8-9(15)11-10(16)17-8/h6H,2-5H2,1H3,(H,11,15,16)/b8-6-. The number of amides is 3. The SMILES string of the molecule is CC(=O)N1CCN(/C=C2\SC(=O)NC2=O)CC1. The summed E-state index contributed by atoms with van der Waals surface area (Å²) in [7, 11) is 0. The maximum absolute atomic E-state index is 11.3. The molecule has 0 atom stereocenters. The summed E-state index contributed by atoms with van der Waals surface area (Å²) in [6.07, 6.45) is 1.70. The summed E-state index contributed by atoms with van der Waals surface area (Å²) in [6.45, 7) is 4.22. The van der Waals surface area contributed by atoms with Gasteiger partial charge in [0.05, 0.1) is 4.91 Å². The van der Waals surface area contributed by atoms with Crippen molar-refractivity contribution in [2.45, 2.75) is 6.92 Å². The summed E-state index contributed by atoms with van der Waals surface area (Å²) in [5, 5.41) is 1.88. The van der Waals surface area contributed by atoms with Gasteiger partial charge >= 0.3 is 0 Å². The van der Waals surface area contributed by atoms with E-state index >= 15 is 0 Å². The summed E-state index contributed by atoms with van der Waals surface area (Å²) in [6, 6.07) is 0. The monoisotopic (exact) mass is 255 g/mol. The van der Waals surface area contributed by atoms with Crippen LogP contribution in [0.25, 0.3) is 0 Å². The minimum Gasteiger partial charge on any atom is -0.373 e. The van der Waals surface area contributed by atoms with Gasteiger partial charge in [0.1, 0.15) is 0 Å². The molecule has 3 amide bonds. The molecule has 17 heavy (non-hydrogen) atoms. The number of rotatable bonds is 1. The van der Waals surface area contributed by atoms with Crippen LogP contribution in [-0.4, -0.2) is 53.0 Å². The Kier molecular flexibility index (Phi) is 3.37. The van der Waals surface area contributed by atoms with Crippen LogP contribution in [0.5, 0.6) is 0 Å². The van der Waals surface area contributed by atoms with Gasteiger partial charge in [0, 0.05) is 39.3 Å². The lowest BCUT2D eigenvalue weighted by Crippen LogP contribution is -2.46. The van der Waals surface area contributed by atoms with Crippen LogP contribution >= 0.6 is 11.8 Å². The molecule has 2 fully saturated rings. The zero-order valence-electron chi connectivity index (χ0n) is 9.43. The van der Waals surface area contributed by atoms with Crippen LogP contribution in [0.15, 0.2) is 11.1 Å². The van der Waals surface area contributed by atoms with Crippen LogP contribution in [0.3, 0.4) is 0 Å². The first-order valence-electron chi connectivity index (χ1n) is 5.31. The third kappa shape index (κ3) is 2.79. The molecule has 0 aliphatic carbocycles. The van der Waals surface area contributed by atoms with Gasteiger partial charge in [-0.15, -0.1) is 0 Å². The minimum absolute atomic E-state index is 0.0699. The van der Waals surface area contributed by atoms with Crippen molar-refractivity contribution in [3.8, 4) is 0 Å². The molecule has 0 aromatic carbocycles. The Morgan fingerprint density at radius 1 is 1.29 bits per heavy atom. The second kappa shape index (κ2) is 4.79. The maximum atomic E-state index is 11.3. The average molecular weight is 255 g/mol. The lowest BCUT2D eigenvalue weighted by atomic mass is 10.3. The molecule has 0 aromatic heterocycles. The van der Waals surface area contributed by atoms with Gasteiger partial charge in [-0.05, 0) is 11.8 Å². The van der Waals surface area contributed by atoms with E-state index in [4.69, 9.17) is 0 Å². The van der Waals surface area contributed by atoms with Crippen LogP contribution in [0.1, 0.15) is 6.92 Å². The third-order valence-corrected chi connectivity index (χ3v) is 3.50. The fourth-order valence-electron chi connectivity index (χ4n) is 1.74. The molecule has 2 heterocycles. The van der Waals surface area contributed by atoms with Crippen molar-refractivity contribution in [2.75, 3.05) is 26.2 Å². The van der Waals surface area contributed by atoms with Crippen LogP contribution in [-0.2, 0) is 9.59 Å². The van der Waals surface area contributed by atoms with Gasteiger partial charge in [-0.3, -0.25) is 19.7 Å². The smallest absolute Gasteiger partial charge is 0.290 e. The number of imide groups is 1. The topological polar surface area (TPSA) is 69.7 Å². The molecular formula is C10H13N3O3S.